The lowest BCUT2D eigenvalue weighted by Crippen LogP contribution is -1.97. The topological polar surface area (TPSA) is 38.7 Å². The van der Waals surface area contributed by atoms with Gasteiger partial charge in [0.2, 0.25) is 0 Å². The summed E-state index contributed by atoms with van der Waals surface area (Å²) < 4.78 is 2.27. The van der Waals surface area contributed by atoms with Gasteiger partial charge in [-0.25, -0.2) is 15.0 Å². The van der Waals surface area contributed by atoms with Crippen molar-refractivity contribution < 1.29 is 0 Å². The van der Waals surface area contributed by atoms with E-state index in [0.717, 1.165) is 22.2 Å². The number of rotatable bonds is 3. The Labute approximate surface area is 103 Å². The van der Waals surface area contributed by atoms with Crippen molar-refractivity contribution in [3.63, 3.8) is 0 Å². The van der Waals surface area contributed by atoms with E-state index in [-0.39, 0.29) is 0 Å². The molecule has 3 nitrogen and oxygen atoms in total. The molecular formula is C11H13N3S2. The zero-order valence-corrected chi connectivity index (χ0v) is 11.0. The summed E-state index contributed by atoms with van der Waals surface area (Å²) in [5.74, 6) is 1.62. The Bertz CT molecular complexity index is 531. The number of thiazole rings is 1. The number of aryl methyl sites for hydroxylation is 1. The number of aromatic nitrogens is 3. The van der Waals surface area contributed by atoms with Gasteiger partial charge in [-0.15, -0.1) is 11.3 Å². The number of fused-ring (bicyclic) bond motifs is 1. The lowest BCUT2D eigenvalue weighted by molar-refractivity contribution is 0.899. The van der Waals surface area contributed by atoms with Gasteiger partial charge in [0.1, 0.15) is 5.82 Å². The summed E-state index contributed by atoms with van der Waals surface area (Å²) in [5, 5.41) is 0. The van der Waals surface area contributed by atoms with Gasteiger partial charge in [0.25, 0.3) is 0 Å². The van der Waals surface area contributed by atoms with Crippen LogP contribution in [-0.2, 0) is 6.42 Å². The maximum atomic E-state index is 4.68. The zero-order chi connectivity index (χ0) is 11.1. The molecular weight excluding hydrogens is 238 g/mol. The lowest BCUT2D eigenvalue weighted by Gasteiger charge is -2.00. The fraction of sp³-hybridized carbons (Fsp3) is 0.545. The van der Waals surface area contributed by atoms with Crippen molar-refractivity contribution in [2.24, 2.45) is 0 Å². The van der Waals surface area contributed by atoms with Gasteiger partial charge in [-0.1, -0.05) is 18.7 Å². The predicted molar refractivity (Wildman–Crippen MR) is 68.3 cm³/mol. The van der Waals surface area contributed by atoms with Crippen molar-refractivity contribution in [1.82, 2.24) is 15.0 Å². The molecule has 0 bridgehead atoms. The van der Waals surface area contributed by atoms with Crippen molar-refractivity contribution in [2.45, 2.75) is 36.4 Å². The minimum atomic E-state index is 0.606. The van der Waals surface area contributed by atoms with Crippen LogP contribution in [0.15, 0.2) is 4.34 Å². The molecule has 0 saturated heterocycles. The van der Waals surface area contributed by atoms with E-state index in [9.17, 15) is 0 Å². The molecule has 16 heavy (non-hydrogen) atoms. The van der Waals surface area contributed by atoms with Crippen LogP contribution in [0.25, 0.3) is 10.3 Å². The van der Waals surface area contributed by atoms with Crippen LogP contribution in [0.4, 0.5) is 0 Å². The monoisotopic (exact) mass is 251 g/mol. The van der Waals surface area contributed by atoms with Gasteiger partial charge in [0.05, 0.1) is 10.4 Å². The molecule has 0 aromatic carbocycles. The van der Waals surface area contributed by atoms with Crippen molar-refractivity contribution in [3.8, 4) is 0 Å². The highest BCUT2D eigenvalue weighted by Gasteiger charge is 2.28. The van der Waals surface area contributed by atoms with Gasteiger partial charge < -0.3 is 0 Å². The van der Waals surface area contributed by atoms with Crippen molar-refractivity contribution >= 4 is 33.4 Å². The van der Waals surface area contributed by atoms with Crippen LogP contribution >= 0.6 is 23.1 Å². The van der Waals surface area contributed by atoms with E-state index in [2.05, 4.69) is 28.1 Å². The maximum Gasteiger partial charge on any atom is 0.175 e. The van der Waals surface area contributed by atoms with Crippen LogP contribution in [0.3, 0.4) is 0 Å². The minimum absolute atomic E-state index is 0.606. The Morgan fingerprint density at radius 3 is 2.75 bits per heavy atom. The van der Waals surface area contributed by atoms with E-state index >= 15 is 0 Å². The third-order valence-electron chi connectivity index (χ3n) is 2.77. The third kappa shape index (κ3) is 1.72. The molecule has 0 N–H and O–H groups in total. The molecule has 1 saturated carbocycles. The third-order valence-corrected chi connectivity index (χ3v) is 4.85. The summed E-state index contributed by atoms with van der Waals surface area (Å²) in [6.45, 7) is 2.15. The maximum absolute atomic E-state index is 4.68. The first kappa shape index (κ1) is 10.5. The van der Waals surface area contributed by atoms with Crippen LogP contribution in [0, 0.1) is 0 Å². The second kappa shape index (κ2) is 3.96. The highest BCUT2D eigenvalue weighted by atomic mass is 32.2. The Morgan fingerprint density at radius 1 is 1.31 bits per heavy atom. The Morgan fingerprint density at radius 2 is 2.12 bits per heavy atom. The lowest BCUT2D eigenvalue weighted by atomic mass is 10.3. The Hall–Kier alpha value is -0.680. The van der Waals surface area contributed by atoms with Crippen LogP contribution in [0.2, 0.25) is 0 Å². The average Bonchev–Trinajstić information content (AvgIpc) is 3.07. The van der Waals surface area contributed by atoms with Crippen LogP contribution < -0.4 is 0 Å². The van der Waals surface area contributed by atoms with Gasteiger partial charge in [0, 0.05) is 5.92 Å². The van der Waals surface area contributed by atoms with E-state index in [1.54, 1.807) is 23.1 Å². The predicted octanol–water partition coefficient (Wildman–Crippen LogP) is 3.25. The van der Waals surface area contributed by atoms with Gasteiger partial charge in [-0.05, 0) is 25.5 Å². The largest absolute Gasteiger partial charge is 0.236 e. The molecule has 5 heteroatoms. The van der Waals surface area contributed by atoms with Gasteiger partial charge in [0.15, 0.2) is 9.99 Å². The SMILES string of the molecule is CCc1nc(C2CC2)nc2nc(SC)sc12. The molecule has 0 radical (unpaired) electrons. The first-order valence-corrected chi connectivity index (χ1v) is 7.57. The number of nitrogens with zero attached hydrogens (tertiary/aromatic N) is 3. The molecule has 2 aromatic rings. The number of thioether (sulfide) groups is 1. The highest BCUT2D eigenvalue weighted by Crippen LogP contribution is 2.39. The molecule has 2 heterocycles. The van der Waals surface area contributed by atoms with Gasteiger partial charge >= 0.3 is 0 Å². The number of hydrogen-bond donors (Lipinski definition) is 0. The fourth-order valence-electron chi connectivity index (χ4n) is 1.73. The highest BCUT2D eigenvalue weighted by molar-refractivity contribution is 8.00. The molecule has 1 aliphatic rings. The first-order valence-electron chi connectivity index (χ1n) is 5.53. The van der Waals surface area contributed by atoms with E-state index in [4.69, 9.17) is 0 Å². The van der Waals surface area contributed by atoms with Crippen LogP contribution in [0.5, 0.6) is 0 Å². The van der Waals surface area contributed by atoms with Crippen LogP contribution in [-0.4, -0.2) is 21.2 Å². The summed E-state index contributed by atoms with van der Waals surface area (Å²) >= 11 is 3.40. The smallest absolute Gasteiger partial charge is 0.175 e. The fourth-order valence-corrected chi connectivity index (χ4v) is 3.29. The Balaban J connectivity index is 2.19. The molecule has 0 spiro atoms. The van der Waals surface area contributed by atoms with Gasteiger partial charge in [-0.3, -0.25) is 0 Å². The molecule has 0 aliphatic heterocycles. The quantitative estimate of drug-likeness (QED) is 0.785. The van der Waals surface area contributed by atoms with E-state index in [0.29, 0.717) is 5.92 Å². The first-order chi connectivity index (χ1) is 7.81. The summed E-state index contributed by atoms with van der Waals surface area (Å²) in [6, 6.07) is 0. The summed E-state index contributed by atoms with van der Waals surface area (Å²) in [5.41, 5.74) is 2.08. The molecule has 2 aromatic heterocycles. The normalized spacial score (nSPS) is 15.9. The zero-order valence-electron chi connectivity index (χ0n) is 9.36. The minimum Gasteiger partial charge on any atom is -0.236 e. The van der Waals surface area contributed by atoms with Gasteiger partial charge in [-0.2, -0.15) is 0 Å². The molecule has 0 atom stereocenters. The number of hydrogen-bond acceptors (Lipinski definition) is 5. The van der Waals surface area contributed by atoms with Crippen molar-refractivity contribution in [3.05, 3.63) is 11.5 Å². The van der Waals surface area contributed by atoms with E-state index in [1.165, 1.54) is 23.2 Å². The molecule has 1 fully saturated rings. The molecule has 3 rings (SSSR count). The molecule has 0 unspecified atom stereocenters. The second-order valence-electron chi connectivity index (χ2n) is 3.99. The second-order valence-corrected chi connectivity index (χ2v) is 6.05. The summed E-state index contributed by atoms with van der Waals surface area (Å²) in [6.07, 6.45) is 5.51. The molecule has 84 valence electrons. The summed E-state index contributed by atoms with van der Waals surface area (Å²) in [4.78, 5) is 13.8. The van der Waals surface area contributed by atoms with Crippen LogP contribution in [0.1, 0.15) is 37.2 Å². The average molecular weight is 251 g/mol. The molecule has 1 aliphatic carbocycles. The molecule has 0 amide bonds. The van der Waals surface area contributed by atoms with E-state index in [1.807, 2.05) is 0 Å². The Kier molecular flexibility index (Phi) is 2.59. The van der Waals surface area contributed by atoms with E-state index < -0.39 is 0 Å². The van der Waals surface area contributed by atoms with Crippen molar-refractivity contribution in [2.75, 3.05) is 6.26 Å². The standard InChI is InChI=1S/C11H13N3S2/c1-3-7-8-10(14-11(15-2)16-8)13-9(12-7)6-4-5-6/h6H,3-5H2,1-2H3. The summed E-state index contributed by atoms with van der Waals surface area (Å²) in [7, 11) is 0. The van der Waals surface area contributed by atoms with Crippen molar-refractivity contribution in [1.29, 1.82) is 0 Å².